The summed E-state index contributed by atoms with van der Waals surface area (Å²) in [5, 5.41) is 7.85. The summed E-state index contributed by atoms with van der Waals surface area (Å²) in [6.45, 7) is 4.03. The lowest BCUT2D eigenvalue weighted by Crippen LogP contribution is -2.20. The van der Waals surface area contributed by atoms with Gasteiger partial charge >= 0.3 is 0 Å². The van der Waals surface area contributed by atoms with Gasteiger partial charge in [0.25, 0.3) is 0 Å². The Morgan fingerprint density at radius 3 is 2.67 bits per heavy atom. The van der Waals surface area contributed by atoms with E-state index < -0.39 is 0 Å². The summed E-state index contributed by atoms with van der Waals surface area (Å²) < 4.78 is 0. The molecule has 1 aromatic heterocycles. The SMILES string of the molecule is CC(C)(CCl)c1ccnnc1Cl. The number of nitrogens with zero attached hydrogens (tertiary/aromatic N) is 2. The summed E-state index contributed by atoms with van der Waals surface area (Å²) >= 11 is 11.6. The van der Waals surface area contributed by atoms with Crippen LogP contribution in [-0.2, 0) is 5.41 Å². The summed E-state index contributed by atoms with van der Waals surface area (Å²) in [6.07, 6.45) is 1.62. The molecule has 0 radical (unpaired) electrons. The minimum absolute atomic E-state index is 0.144. The molecule has 0 fully saturated rings. The third-order valence-corrected chi connectivity index (χ3v) is 2.69. The second-order valence-electron chi connectivity index (χ2n) is 3.25. The zero-order chi connectivity index (χ0) is 9.19. The molecule has 1 heterocycles. The molecule has 0 spiro atoms. The second kappa shape index (κ2) is 3.58. The summed E-state index contributed by atoms with van der Waals surface area (Å²) in [4.78, 5) is 0. The standard InChI is InChI=1S/C8H10Cl2N2/c1-8(2,5-9)6-3-4-11-12-7(6)10/h3-4H,5H2,1-2H3. The molecule has 12 heavy (non-hydrogen) atoms. The van der Waals surface area contributed by atoms with Crippen molar-refractivity contribution in [2.45, 2.75) is 19.3 Å². The van der Waals surface area contributed by atoms with Crippen LogP contribution in [0.2, 0.25) is 5.15 Å². The maximum absolute atomic E-state index is 5.86. The first-order chi connectivity index (χ1) is 5.58. The molecule has 1 aromatic rings. The molecule has 0 aliphatic heterocycles. The van der Waals surface area contributed by atoms with E-state index in [1.165, 1.54) is 0 Å². The highest BCUT2D eigenvalue weighted by Crippen LogP contribution is 2.28. The van der Waals surface area contributed by atoms with Gasteiger partial charge in [0.15, 0.2) is 5.15 Å². The molecule has 0 bridgehead atoms. The van der Waals surface area contributed by atoms with E-state index in [2.05, 4.69) is 10.2 Å². The fourth-order valence-corrected chi connectivity index (χ4v) is 1.40. The van der Waals surface area contributed by atoms with E-state index >= 15 is 0 Å². The molecular formula is C8H10Cl2N2. The Labute approximate surface area is 81.9 Å². The van der Waals surface area contributed by atoms with Gasteiger partial charge in [-0.3, -0.25) is 0 Å². The van der Waals surface area contributed by atoms with E-state index in [1.54, 1.807) is 6.20 Å². The summed E-state index contributed by atoms with van der Waals surface area (Å²) in [7, 11) is 0. The topological polar surface area (TPSA) is 25.8 Å². The van der Waals surface area contributed by atoms with Crippen molar-refractivity contribution in [1.82, 2.24) is 10.2 Å². The van der Waals surface area contributed by atoms with Gasteiger partial charge in [-0.25, -0.2) is 0 Å². The first-order valence-corrected chi connectivity index (χ1v) is 4.53. The second-order valence-corrected chi connectivity index (χ2v) is 3.88. The van der Waals surface area contributed by atoms with Gasteiger partial charge < -0.3 is 0 Å². The van der Waals surface area contributed by atoms with Crippen molar-refractivity contribution in [2.75, 3.05) is 5.88 Å². The average Bonchev–Trinajstić information content (AvgIpc) is 2.05. The fourth-order valence-electron chi connectivity index (χ4n) is 0.891. The molecule has 0 unspecified atom stereocenters. The number of halogens is 2. The number of aromatic nitrogens is 2. The lowest BCUT2D eigenvalue weighted by molar-refractivity contribution is 0.592. The highest BCUT2D eigenvalue weighted by atomic mass is 35.5. The quantitative estimate of drug-likeness (QED) is 0.693. The Morgan fingerprint density at radius 2 is 2.17 bits per heavy atom. The number of alkyl halides is 1. The first kappa shape index (κ1) is 9.75. The monoisotopic (exact) mass is 204 g/mol. The summed E-state index contributed by atoms with van der Waals surface area (Å²) in [5.74, 6) is 0.512. The van der Waals surface area contributed by atoms with Gasteiger partial charge in [-0.05, 0) is 11.6 Å². The Morgan fingerprint density at radius 1 is 1.50 bits per heavy atom. The molecule has 1 rings (SSSR count). The van der Waals surface area contributed by atoms with Gasteiger partial charge in [-0.1, -0.05) is 25.4 Å². The lowest BCUT2D eigenvalue weighted by Gasteiger charge is -2.21. The van der Waals surface area contributed by atoms with Crippen LogP contribution in [-0.4, -0.2) is 16.1 Å². The van der Waals surface area contributed by atoms with Gasteiger partial charge in [-0.15, -0.1) is 16.7 Å². The molecule has 0 aliphatic rings. The van der Waals surface area contributed by atoms with E-state index in [9.17, 15) is 0 Å². The average molecular weight is 205 g/mol. The van der Waals surface area contributed by atoms with Crippen LogP contribution < -0.4 is 0 Å². The predicted octanol–water partition coefficient (Wildman–Crippen LogP) is 2.65. The molecule has 0 saturated heterocycles. The van der Waals surface area contributed by atoms with Crippen LogP contribution in [0.25, 0.3) is 0 Å². The number of hydrogen-bond donors (Lipinski definition) is 0. The fraction of sp³-hybridized carbons (Fsp3) is 0.500. The molecular weight excluding hydrogens is 195 g/mol. The van der Waals surface area contributed by atoms with Crippen LogP contribution in [0, 0.1) is 0 Å². The molecule has 0 atom stereocenters. The van der Waals surface area contributed by atoms with Crippen molar-refractivity contribution in [2.24, 2.45) is 0 Å². The van der Waals surface area contributed by atoms with E-state index in [-0.39, 0.29) is 5.41 Å². The van der Waals surface area contributed by atoms with Crippen LogP contribution in [0.15, 0.2) is 12.3 Å². The molecule has 66 valence electrons. The zero-order valence-corrected chi connectivity index (χ0v) is 8.52. The Kier molecular flexibility index (Phi) is 2.91. The first-order valence-electron chi connectivity index (χ1n) is 3.61. The Hall–Kier alpha value is -0.340. The van der Waals surface area contributed by atoms with E-state index in [0.29, 0.717) is 11.0 Å². The maximum atomic E-state index is 5.86. The zero-order valence-electron chi connectivity index (χ0n) is 7.01. The van der Waals surface area contributed by atoms with Crippen LogP contribution in [0.1, 0.15) is 19.4 Å². The smallest absolute Gasteiger partial charge is 0.155 e. The molecule has 2 nitrogen and oxygen atoms in total. The van der Waals surface area contributed by atoms with Gasteiger partial charge in [0.2, 0.25) is 0 Å². The molecule has 4 heteroatoms. The Balaban J connectivity index is 3.10. The maximum Gasteiger partial charge on any atom is 0.155 e. The van der Waals surface area contributed by atoms with Crippen LogP contribution in [0.3, 0.4) is 0 Å². The third kappa shape index (κ3) is 1.87. The molecule has 0 saturated carbocycles. The van der Waals surface area contributed by atoms with E-state index in [1.807, 2.05) is 19.9 Å². The minimum Gasteiger partial charge on any atom is -0.158 e. The van der Waals surface area contributed by atoms with Crippen molar-refractivity contribution < 1.29 is 0 Å². The summed E-state index contributed by atoms with van der Waals surface area (Å²) in [6, 6.07) is 1.84. The van der Waals surface area contributed by atoms with E-state index in [0.717, 1.165) is 5.56 Å². The predicted molar refractivity (Wildman–Crippen MR) is 50.8 cm³/mol. The van der Waals surface area contributed by atoms with Crippen molar-refractivity contribution in [3.8, 4) is 0 Å². The van der Waals surface area contributed by atoms with Crippen molar-refractivity contribution in [1.29, 1.82) is 0 Å². The highest BCUT2D eigenvalue weighted by molar-refractivity contribution is 6.30. The summed E-state index contributed by atoms with van der Waals surface area (Å²) in [5.41, 5.74) is 0.795. The normalized spacial score (nSPS) is 11.7. The van der Waals surface area contributed by atoms with Gasteiger partial charge in [0.1, 0.15) is 0 Å². The van der Waals surface area contributed by atoms with Gasteiger partial charge in [-0.2, -0.15) is 5.10 Å². The minimum atomic E-state index is -0.144. The van der Waals surface area contributed by atoms with Crippen molar-refractivity contribution in [3.05, 3.63) is 23.0 Å². The highest BCUT2D eigenvalue weighted by Gasteiger charge is 2.22. The number of rotatable bonds is 2. The largest absolute Gasteiger partial charge is 0.158 e. The lowest BCUT2D eigenvalue weighted by atomic mass is 9.88. The van der Waals surface area contributed by atoms with Crippen LogP contribution in [0.5, 0.6) is 0 Å². The van der Waals surface area contributed by atoms with Crippen LogP contribution >= 0.6 is 23.2 Å². The van der Waals surface area contributed by atoms with Crippen molar-refractivity contribution >= 4 is 23.2 Å². The molecule has 0 aromatic carbocycles. The Bertz CT molecular complexity index is 274. The van der Waals surface area contributed by atoms with Crippen molar-refractivity contribution in [3.63, 3.8) is 0 Å². The number of hydrogen-bond acceptors (Lipinski definition) is 2. The van der Waals surface area contributed by atoms with Gasteiger partial charge in [0.05, 0.1) is 0 Å². The molecule has 0 N–H and O–H groups in total. The molecule has 0 aliphatic carbocycles. The van der Waals surface area contributed by atoms with Crippen LogP contribution in [0.4, 0.5) is 0 Å². The van der Waals surface area contributed by atoms with E-state index in [4.69, 9.17) is 23.2 Å². The third-order valence-electron chi connectivity index (χ3n) is 1.74. The van der Waals surface area contributed by atoms with Gasteiger partial charge in [0, 0.05) is 17.5 Å². The molecule has 0 amide bonds.